The maximum absolute atomic E-state index is 12.6. The van der Waals surface area contributed by atoms with Crippen LogP contribution in [0, 0.1) is 25.2 Å². The maximum atomic E-state index is 12.6. The number of hydrogen-bond donors (Lipinski definition) is 0. The Bertz CT molecular complexity index is 976. The second-order valence-electron chi connectivity index (χ2n) is 6.26. The van der Waals surface area contributed by atoms with Crippen molar-refractivity contribution in [1.82, 2.24) is 15.1 Å². The minimum Gasteiger partial charge on any atom is -0.467 e. The highest BCUT2D eigenvalue weighted by molar-refractivity contribution is 7.99. The summed E-state index contributed by atoms with van der Waals surface area (Å²) in [6.07, 6.45) is 1.82. The van der Waals surface area contributed by atoms with E-state index >= 15 is 0 Å². The SMILES string of the molecule is Cc1ccc(-c2nnc(SCC(=O)N(CCC#N)Cc3ccco3)o2)cc1C. The van der Waals surface area contributed by atoms with Gasteiger partial charge in [0, 0.05) is 12.1 Å². The fourth-order valence-electron chi connectivity index (χ4n) is 2.54. The van der Waals surface area contributed by atoms with Gasteiger partial charge in [0.2, 0.25) is 11.8 Å². The first-order valence-corrected chi connectivity index (χ1v) is 9.76. The van der Waals surface area contributed by atoms with Crippen LogP contribution in [-0.4, -0.2) is 33.3 Å². The van der Waals surface area contributed by atoms with Crippen molar-refractivity contribution in [2.24, 2.45) is 0 Å². The van der Waals surface area contributed by atoms with E-state index in [1.165, 1.54) is 17.3 Å². The number of aromatic nitrogens is 2. The first kappa shape index (κ1) is 19.7. The highest BCUT2D eigenvalue weighted by Gasteiger charge is 2.17. The molecule has 0 bridgehead atoms. The number of rotatable bonds is 8. The number of carbonyl (C=O) groups excluding carboxylic acids is 1. The smallest absolute Gasteiger partial charge is 0.277 e. The summed E-state index contributed by atoms with van der Waals surface area (Å²) in [6, 6.07) is 11.6. The van der Waals surface area contributed by atoms with Crippen LogP contribution in [0.15, 0.2) is 50.7 Å². The molecule has 0 saturated carbocycles. The predicted molar refractivity (Wildman–Crippen MR) is 104 cm³/mol. The van der Waals surface area contributed by atoms with Crippen LogP contribution in [0.1, 0.15) is 23.3 Å². The van der Waals surface area contributed by atoms with Gasteiger partial charge in [0.25, 0.3) is 5.22 Å². The summed E-state index contributed by atoms with van der Waals surface area (Å²) in [5.41, 5.74) is 3.19. The number of aryl methyl sites for hydroxylation is 2. The van der Waals surface area contributed by atoms with E-state index in [1.54, 1.807) is 23.3 Å². The lowest BCUT2D eigenvalue weighted by atomic mass is 10.1. The molecule has 28 heavy (non-hydrogen) atoms. The number of carbonyl (C=O) groups is 1. The number of thioether (sulfide) groups is 1. The Morgan fingerprint density at radius 1 is 1.25 bits per heavy atom. The van der Waals surface area contributed by atoms with Gasteiger partial charge in [-0.15, -0.1) is 10.2 Å². The molecule has 0 fully saturated rings. The number of benzene rings is 1. The average Bonchev–Trinajstić information content (AvgIpc) is 3.37. The molecule has 0 N–H and O–H groups in total. The van der Waals surface area contributed by atoms with Gasteiger partial charge in [0.15, 0.2) is 0 Å². The van der Waals surface area contributed by atoms with Crippen LogP contribution in [-0.2, 0) is 11.3 Å². The van der Waals surface area contributed by atoms with Gasteiger partial charge in [0.1, 0.15) is 5.76 Å². The molecule has 2 aromatic heterocycles. The van der Waals surface area contributed by atoms with E-state index in [-0.39, 0.29) is 18.1 Å². The molecule has 8 heteroatoms. The Labute approximate surface area is 167 Å². The molecule has 0 aliphatic rings. The minimum absolute atomic E-state index is 0.123. The quantitative estimate of drug-likeness (QED) is 0.531. The summed E-state index contributed by atoms with van der Waals surface area (Å²) in [5.74, 6) is 1.12. The van der Waals surface area contributed by atoms with Gasteiger partial charge in [-0.1, -0.05) is 17.8 Å². The molecule has 3 rings (SSSR count). The molecule has 0 aliphatic heterocycles. The molecule has 1 aromatic carbocycles. The Morgan fingerprint density at radius 2 is 2.11 bits per heavy atom. The van der Waals surface area contributed by atoms with Crippen LogP contribution >= 0.6 is 11.8 Å². The van der Waals surface area contributed by atoms with Gasteiger partial charge in [-0.05, 0) is 49.2 Å². The molecule has 7 nitrogen and oxygen atoms in total. The zero-order chi connectivity index (χ0) is 19.9. The number of hydrogen-bond acceptors (Lipinski definition) is 7. The minimum atomic E-state index is -0.123. The fourth-order valence-corrected chi connectivity index (χ4v) is 3.21. The third-order valence-corrected chi connectivity index (χ3v) is 5.06. The molecular formula is C20H20N4O3S. The molecule has 0 aliphatic carbocycles. The topological polar surface area (TPSA) is 96.2 Å². The number of nitriles is 1. The van der Waals surface area contributed by atoms with E-state index in [2.05, 4.69) is 16.3 Å². The highest BCUT2D eigenvalue weighted by atomic mass is 32.2. The van der Waals surface area contributed by atoms with Crippen molar-refractivity contribution in [2.45, 2.75) is 32.0 Å². The Balaban J connectivity index is 1.62. The van der Waals surface area contributed by atoms with E-state index in [0.29, 0.717) is 30.0 Å². The summed E-state index contributed by atoms with van der Waals surface area (Å²) in [4.78, 5) is 14.2. The monoisotopic (exact) mass is 396 g/mol. The molecular weight excluding hydrogens is 376 g/mol. The normalized spacial score (nSPS) is 10.6. The van der Waals surface area contributed by atoms with Crippen molar-refractivity contribution in [3.63, 3.8) is 0 Å². The molecule has 0 saturated heterocycles. The lowest BCUT2D eigenvalue weighted by Gasteiger charge is -2.19. The van der Waals surface area contributed by atoms with E-state index in [9.17, 15) is 4.79 Å². The molecule has 1 amide bonds. The van der Waals surface area contributed by atoms with E-state index in [1.807, 2.05) is 32.0 Å². The van der Waals surface area contributed by atoms with Gasteiger partial charge in [0.05, 0.1) is 31.1 Å². The summed E-state index contributed by atoms with van der Waals surface area (Å²) < 4.78 is 11.0. The van der Waals surface area contributed by atoms with Crippen molar-refractivity contribution in [2.75, 3.05) is 12.3 Å². The zero-order valence-corrected chi connectivity index (χ0v) is 16.5. The van der Waals surface area contributed by atoms with Gasteiger partial charge in [-0.3, -0.25) is 4.79 Å². The molecule has 2 heterocycles. The van der Waals surface area contributed by atoms with E-state index in [0.717, 1.165) is 11.1 Å². The van der Waals surface area contributed by atoms with Crippen LogP contribution in [0.3, 0.4) is 0 Å². The first-order valence-electron chi connectivity index (χ1n) is 8.78. The molecule has 0 spiro atoms. The van der Waals surface area contributed by atoms with Crippen LogP contribution < -0.4 is 0 Å². The van der Waals surface area contributed by atoms with E-state index in [4.69, 9.17) is 14.1 Å². The van der Waals surface area contributed by atoms with Gasteiger partial charge in [-0.25, -0.2) is 0 Å². The predicted octanol–water partition coefficient (Wildman–Crippen LogP) is 3.98. The average molecular weight is 396 g/mol. The van der Waals surface area contributed by atoms with Crippen LogP contribution in [0.4, 0.5) is 0 Å². The molecule has 0 atom stereocenters. The standard InChI is InChI=1S/C20H20N4O3S/c1-14-6-7-16(11-15(14)2)19-22-23-20(27-19)28-13-18(25)24(9-4-8-21)12-17-5-3-10-26-17/h3,5-7,10-11H,4,9,12-13H2,1-2H3. The van der Waals surface area contributed by atoms with Gasteiger partial charge < -0.3 is 13.7 Å². The zero-order valence-electron chi connectivity index (χ0n) is 15.7. The largest absolute Gasteiger partial charge is 0.467 e. The fraction of sp³-hybridized carbons (Fsp3) is 0.300. The third-order valence-electron chi connectivity index (χ3n) is 4.25. The van der Waals surface area contributed by atoms with Gasteiger partial charge in [-0.2, -0.15) is 5.26 Å². The number of furan rings is 1. The molecule has 144 valence electrons. The Hall–Kier alpha value is -3.05. The number of amides is 1. The Morgan fingerprint density at radius 3 is 2.82 bits per heavy atom. The first-order chi connectivity index (χ1) is 13.6. The second-order valence-corrected chi connectivity index (χ2v) is 7.19. The van der Waals surface area contributed by atoms with Gasteiger partial charge >= 0.3 is 0 Å². The van der Waals surface area contributed by atoms with E-state index < -0.39 is 0 Å². The molecule has 3 aromatic rings. The van der Waals surface area contributed by atoms with Crippen molar-refractivity contribution < 1.29 is 13.6 Å². The summed E-state index contributed by atoms with van der Waals surface area (Å²) in [6.45, 7) is 4.74. The van der Waals surface area contributed by atoms with Crippen LogP contribution in [0.5, 0.6) is 0 Å². The molecule has 0 radical (unpaired) electrons. The molecule has 0 unspecified atom stereocenters. The van der Waals surface area contributed by atoms with Crippen LogP contribution in [0.25, 0.3) is 11.5 Å². The van der Waals surface area contributed by atoms with Crippen LogP contribution in [0.2, 0.25) is 0 Å². The highest BCUT2D eigenvalue weighted by Crippen LogP contribution is 2.25. The van der Waals surface area contributed by atoms with Crippen molar-refractivity contribution >= 4 is 17.7 Å². The summed E-state index contributed by atoms with van der Waals surface area (Å²) >= 11 is 1.18. The lowest BCUT2D eigenvalue weighted by Crippen LogP contribution is -2.32. The summed E-state index contributed by atoms with van der Waals surface area (Å²) in [5, 5.41) is 17.3. The summed E-state index contributed by atoms with van der Waals surface area (Å²) in [7, 11) is 0. The third kappa shape index (κ3) is 5.02. The second kappa shape index (κ2) is 9.24. The number of nitrogens with zero attached hydrogens (tertiary/aromatic N) is 4. The van der Waals surface area contributed by atoms with Crippen molar-refractivity contribution in [3.05, 3.63) is 53.5 Å². The lowest BCUT2D eigenvalue weighted by molar-refractivity contribution is -0.129. The van der Waals surface area contributed by atoms with Crippen molar-refractivity contribution in [3.8, 4) is 17.5 Å². The Kier molecular flexibility index (Phi) is 6.50. The maximum Gasteiger partial charge on any atom is 0.277 e. The van der Waals surface area contributed by atoms with Crippen molar-refractivity contribution in [1.29, 1.82) is 5.26 Å².